The molecule has 1 heterocycles. The number of amides is 2. The summed E-state index contributed by atoms with van der Waals surface area (Å²) in [5.74, 6) is 1.40. The third-order valence-corrected chi connectivity index (χ3v) is 3.17. The molecule has 0 aliphatic rings. The summed E-state index contributed by atoms with van der Waals surface area (Å²) in [6, 6.07) is 8.42. The minimum absolute atomic E-state index is 0.248. The first-order chi connectivity index (χ1) is 10.6. The molecular weight excluding hydrogens is 282 g/mol. The molecule has 0 saturated carbocycles. The van der Waals surface area contributed by atoms with Gasteiger partial charge in [0.15, 0.2) is 0 Å². The molecule has 0 bridgehead atoms. The van der Waals surface area contributed by atoms with Gasteiger partial charge >= 0.3 is 6.03 Å². The van der Waals surface area contributed by atoms with Crippen LogP contribution in [0.3, 0.4) is 0 Å². The smallest absolute Gasteiger partial charge is 0.319 e. The third-order valence-electron chi connectivity index (χ3n) is 3.17. The molecule has 1 aromatic carbocycles. The van der Waals surface area contributed by atoms with Gasteiger partial charge in [0, 0.05) is 11.8 Å². The van der Waals surface area contributed by atoms with E-state index in [-0.39, 0.29) is 12.1 Å². The Balaban J connectivity index is 2.08. The first kappa shape index (κ1) is 15.6. The highest BCUT2D eigenvalue weighted by molar-refractivity contribution is 5.89. The first-order valence-electron chi connectivity index (χ1n) is 6.83. The molecule has 1 unspecified atom stereocenters. The molecule has 22 heavy (non-hydrogen) atoms. The maximum atomic E-state index is 12.0. The highest BCUT2D eigenvalue weighted by atomic mass is 16.5. The lowest BCUT2D eigenvalue weighted by molar-refractivity contribution is 0.249. The van der Waals surface area contributed by atoms with Gasteiger partial charge in [-0.15, -0.1) is 0 Å². The number of hydrogen-bond acceptors (Lipinski definition) is 4. The van der Waals surface area contributed by atoms with Crippen LogP contribution in [0.25, 0.3) is 0 Å². The van der Waals surface area contributed by atoms with E-state index in [0.29, 0.717) is 17.2 Å². The quantitative estimate of drug-likeness (QED) is 0.890. The molecule has 116 valence electrons. The first-order valence-corrected chi connectivity index (χ1v) is 6.83. The van der Waals surface area contributed by atoms with Gasteiger partial charge in [-0.2, -0.15) is 0 Å². The number of nitrogens with one attached hydrogen (secondary N) is 2. The second-order valence-electron chi connectivity index (χ2n) is 4.67. The summed E-state index contributed by atoms with van der Waals surface area (Å²) in [5, 5.41) is 5.58. The van der Waals surface area contributed by atoms with Gasteiger partial charge in [-0.1, -0.05) is 0 Å². The average Bonchev–Trinajstić information content (AvgIpc) is 2.54. The molecule has 0 saturated heterocycles. The molecule has 2 amide bonds. The van der Waals surface area contributed by atoms with Gasteiger partial charge in [-0.3, -0.25) is 4.98 Å². The van der Waals surface area contributed by atoms with Crippen LogP contribution in [0.5, 0.6) is 11.5 Å². The number of pyridine rings is 1. The summed E-state index contributed by atoms with van der Waals surface area (Å²) in [4.78, 5) is 16.0. The van der Waals surface area contributed by atoms with Crippen molar-refractivity contribution < 1.29 is 14.3 Å². The van der Waals surface area contributed by atoms with Crippen molar-refractivity contribution in [3.63, 3.8) is 0 Å². The molecule has 2 aromatic rings. The largest absolute Gasteiger partial charge is 0.497 e. The zero-order chi connectivity index (χ0) is 15.9. The Morgan fingerprint density at radius 3 is 2.68 bits per heavy atom. The SMILES string of the molecule is COc1ccc(OC)c(C(C)NC(=O)Nc2cccnc2)c1. The second-order valence-corrected chi connectivity index (χ2v) is 4.67. The molecule has 0 aliphatic carbocycles. The summed E-state index contributed by atoms with van der Waals surface area (Å²) in [7, 11) is 3.19. The average molecular weight is 301 g/mol. The summed E-state index contributed by atoms with van der Waals surface area (Å²) >= 11 is 0. The van der Waals surface area contributed by atoms with E-state index in [1.165, 1.54) is 0 Å². The van der Waals surface area contributed by atoms with E-state index in [1.54, 1.807) is 38.7 Å². The molecule has 1 atom stereocenters. The van der Waals surface area contributed by atoms with Crippen LogP contribution in [0, 0.1) is 0 Å². The Labute approximate surface area is 129 Å². The molecule has 2 rings (SSSR count). The molecule has 6 heteroatoms. The fourth-order valence-electron chi connectivity index (χ4n) is 2.06. The number of aromatic nitrogens is 1. The maximum Gasteiger partial charge on any atom is 0.319 e. The van der Waals surface area contributed by atoms with Crippen LogP contribution in [-0.4, -0.2) is 25.2 Å². The van der Waals surface area contributed by atoms with Crippen LogP contribution in [-0.2, 0) is 0 Å². The minimum Gasteiger partial charge on any atom is -0.497 e. The Bertz CT molecular complexity index is 632. The van der Waals surface area contributed by atoms with E-state index in [2.05, 4.69) is 15.6 Å². The molecule has 0 fully saturated rings. The molecular formula is C16H19N3O3. The van der Waals surface area contributed by atoms with E-state index in [0.717, 1.165) is 5.56 Å². The highest BCUT2D eigenvalue weighted by Gasteiger charge is 2.15. The number of ether oxygens (including phenoxy) is 2. The monoisotopic (exact) mass is 301 g/mol. The van der Waals surface area contributed by atoms with Gasteiger partial charge in [0.25, 0.3) is 0 Å². The van der Waals surface area contributed by atoms with E-state index in [4.69, 9.17) is 9.47 Å². The zero-order valence-electron chi connectivity index (χ0n) is 12.8. The lowest BCUT2D eigenvalue weighted by Crippen LogP contribution is -2.31. The van der Waals surface area contributed by atoms with Crippen molar-refractivity contribution in [2.45, 2.75) is 13.0 Å². The van der Waals surface area contributed by atoms with Gasteiger partial charge in [0.2, 0.25) is 0 Å². The number of rotatable bonds is 5. The number of anilines is 1. The lowest BCUT2D eigenvalue weighted by atomic mass is 10.1. The number of carbonyl (C=O) groups excluding carboxylic acids is 1. The Kier molecular flexibility index (Phi) is 5.19. The van der Waals surface area contributed by atoms with Crippen molar-refractivity contribution in [3.05, 3.63) is 48.3 Å². The van der Waals surface area contributed by atoms with Crippen LogP contribution < -0.4 is 20.1 Å². The predicted octanol–water partition coefficient (Wildman–Crippen LogP) is 2.98. The van der Waals surface area contributed by atoms with Crippen LogP contribution in [0.4, 0.5) is 10.5 Å². The second kappa shape index (κ2) is 7.31. The van der Waals surface area contributed by atoms with Crippen molar-refractivity contribution in [2.24, 2.45) is 0 Å². The zero-order valence-corrected chi connectivity index (χ0v) is 12.8. The van der Waals surface area contributed by atoms with Crippen LogP contribution in [0.2, 0.25) is 0 Å². The highest BCUT2D eigenvalue weighted by Crippen LogP contribution is 2.29. The van der Waals surface area contributed by atoms with E-state index < -0.39 is 0 Å². The topological polar surface area (TPSA) is 72.5 Å². The van der Waals surface area contributed by atoms with Gasteiger partial charge in [0.05, 0.1) is 32.1 Å². The van der Waals surface area contributed by atoms with Crippen LogP contribution in [0.15, 0.2) is 42.7 Å². The summed E-state index contributed by atoms with van der Waals surface area (Å²) in [6.07, 6.45) is 3.23. The van der Waals surface area contributed by atoms with Crippen LogP contribution >= 0.6 is 0 Å². The Morgan fingerprint density at radius 2 is 2.05 bits per heavy atom. The van der Waals surface area contributed by atoms with Crippen molar-refractivity contribution in [2.75, 3.05) is 19.5 Å². The normalized spacial score (nSPS) is 11.4. The predicted molar refractivity (Wildman–Crippen MR) is 84.4 cm³/mol. The van der Waals surface area contributed by atoms with Crippen LogP contribution in [0.1, 0.15) is 18.5 Å². The molecule has 0 radical (unpaired) electrons. The van der Waals surface area contributed by atoms with Crippen molar-refractivity contribution >= 4 is 11.7 Å². The molecule has 2 N–H and O–H groups in total. The van der Waals surface area contributed by atoms with E-state index in [9.17, 15) is 4.79 Å². The number of hydrogen-bond donors (Lipinski definition) is 2. The molecule has 0 aliphatic heterocycles. The summed E-state index contributed by atoms with van der Waals surface area (Å²) in [5.41, 5.74) is 1.47. The molecule has 1 aromatic heterocycles. The summed E-state index contributed by atoms with van der Waals surface area (Å²) in [6.45, 7) is 1.88. The number of benzene rings is 1. The third kappa shape index (κ3) is 3.88. The maximum absolute atomic E-state index is 12.0. The van der Waals surface area contributed by atoms with Gasteiger partial charge in [0.1, 0.15) is 11.5 Å². The van der Waals surface area contributed by atoms with Crippen molar-refractivity contribution in [1.82, 2.24) is 10.3 Å². The molecule has 0 spiro atoms. The van der Waals surface area contributed by atoms with Crippen molar-refractivity contribution in [1.29, 1.82) is 0 Å². The minimum atomic E-state index is -0.314. The lowest BCUT2D eigenvalue weighted by Gasteiger charge is -2.18. The Morgan fingerprint density at radius 1 is 1.23 bits per heavy atom. The molecule has 6 nitrogen and oxygen atoms in total. The summed E-state index contributed by atoms with van der Waals surface area (Å²) < 4.78 is 10.5. The number of nitrogens with zero attached hydrogens (tertiary/aromatic N) is 1. The standard InChI is InChI=1S/C16H19N3O3/c1-11(14-9-13(21-2)6-7-15(14)22-3)18-16(20)19-12-5-4-8-17-10-12/h4-11H,1-3H3,(H2,18,19,20). The van der Waals surface area contributed by atoms with E-state index in [1.807, 2.05) is 25.1 Å². The van der Waals surface area contributed by atoms with Gasteiger partial charge in [-0.25, -0.2) is 4.79 Å². The number of carbonyl (C=O) groups is 1. The fourth-order valence-corrected chi connectivity index (χ4v) is 2.06. The Hall–Kier alpha value is -2.76. The fraction of sp³-hybridized carbons (Fsp3) is 0.250. The number of urea groups is 1. The van der Waals surface area contributed by atoms with Gasteiger partial charge in [-0.05, 0) is 37.3 Å². The van der Waals surface area contributed by atoms with Gasteiger partial charge < -0.3 is 20.1 Å². The van der Waals surface area contributed by atoms with Crippen molar-refractivity contribution in [3.8, 4) is 11.5 Å². The van der Waals surface area contributed by atoms with E-state index >= 15 is 0 Å². The number of methoxy groups -OCH3 is 2.